The van der Waals surface area contributed by atoms with E-state index >= 15 is 0 Å². The second kappa shape index (κ2) is 9.04. The Labute approximate surface area is 138 Å². The van der Waals surface area contributed by atoms with E-state index in [1.807, 2.05) is 6.07 Å². The summed E-state index contributed by atoms with van der Waals surface area (Å²) in [5.74, 6) is 0. The molecule has 2 aromatic rings. The molecule has 0 atom stereocenters. The van der Waals surface area contributed by atoms with Crippen LogP contribution in [0, 0.1) is 0 Å². The average molecular weight is 365 g/mol. The van der Waals surface area contributed by atoms with E-state index in [9.17, 15) is 0 Å². The molecule has 3 heteroatoms. The van der Waals surface area contributed by atoms with Crippen molar-refractivity contribution < 1.29 is 0 Å². The summed E-state index contributed by atoms with van der Waals surface area (Å²) in [6.45, 7) is 2.98. The van der Waals surface area contributed by atoms with Crippen molar-refractivity contribution in [1.82, 2.24) is 0 Å². The molecular weight excluding hydrogens is 345 g/mol. The van der Waals surface area contributed by atoms with Crippen LogP contribution in [0.2, 0.25) is 0 Å². The number of hydrogen-bond donors (Lipinski definition) is 0. The first-order valence-corrected chi connectivity index (χ1v) is 9.72. The van der Waals surface area contributed by atoms with Crippen LogP contribution >= 0.6 is 11.6 Å². The van der Waals surface area contributed by atoms with Gasteiger partial charge in [-0.15, -0.1) is 0 Å². The monoisotopic (exact) mass is 365 g/mol. The van der Waals surface area contributed by atoms with E-state index in [1.54, 1.807) is 0 Å². The van der Waals surface area contributed by atoms with E-state index in [-0.39, 0.29) is 0 Å². The molecule has 1 nitrogen and oxygen atoms in total. The zero-order chi connectivity index (χ0) is 14.9. The van der Waals surface area contributed by atoms with Crippen molar-refractivity contribution >= 4 is 36.2 Å². The number of rotatable bonds is 7. The Hall–Kier alpha value is -1.08. The Bertz CT molecular complexity index is 581. The van der Waals surface area contributed by atoms with E-state index < -0.39 is 0 Å². The van der Waals surface area contributed by atoms with Crippen LogP contribution < -0.4 is 4.46 Å². The maximum absolute atomic E-state index is 6.39. The van der Waals surface area contributed by atoms with E-state index in [0.717, 1.165) is 30.3 Å². The number of unbranched alkanes of at least 4 members (excludes halogenated alkanes) is 1. The zero-order valence-corrected chi connectivity index (χ0v) is 14.7. The molecule has 0 N–H and O–H groups in total. The van der Waals surface area contributed by atoms with Gasteiger partial charge in [0.1, 0.15) is 0 Å². The predicted molar refractivity (Wildman–Crippen MR) is 94.1 cm³/mol. The van der Waals surface area contributed by atoms with Gasteiger partial charge >= 0.3 is 139 Å². The Morgan fingerprint density at radius 1 is 1.05 bits per heavy atom. The van der Waals surface area contributed by atoms with Crippen LogP contribution in [0.15, 0.2) is 59.6 Å². The van der Waals surface area contributed by atoms with Gasteiger partial charge in [-0.25, -0.2) is 0 Å². The Balaban J connectivity index is 2.08. The third kappa shape index (κ3) is 5.32. The second-order valence-corrected chi connectivity index (χ2v) is 7.29. The first kappa shape index (κ1) is 16.3. The van der Waals surface area contributed by atoms with Crippen molar-refractivity contribution in [2.24, 2.45) is 4.99 Å². The van der Waals surface area contributed by atoms with Crippen LogP contribution in [0.5, 0.6) is 0 Å². The first-order valence-electron chi connectivity index (χ1n) is 7.27. The molecule has 0 fully saturated rings. The van der Waals surface area contributed by atoms with E-state index in [0.29, 0.717) is 20.1 Å². The fraction of sp³-hybridized carbons (Fsp3) is 0.278. The summed E-state index contributed by atoms with van der Waals surface area (Å²) >= 11 is 6.76. The van der Waals surface area contributed by atoms with Crippen LogP contribution in [-0.2, 0) is 5.32 Å². The van der Waals surface area contributed by atoms with Crippen molar-refractivity contribution in [1.29, 1.82) is 0 Å². The molecule has 0 unspecified atom stereocenters. The molecule has 110 valence electrons. The zero-order valence-electron chi connectivity index (χ0n) is 12.3. The van der Waals surface area contributed by atoms with Crippen LogP contribution in [0.3, 0.4) is 0 Å². The Morgan fingerprint density at radius 3 is 2.52 bits per heavy atom. The molecule has 0 heterocycles. The summed E-state index contributed by atoms with van der Waals surface area (Å²) in [5.41, 5.74) is 2.48. The van der Waals surface area contributed by atoms with Crippen molar-refractivity contribution in [2.45, 2.75) is 25.1 Å². The first-order chi connectivity index (χ1) is 10.3. The van der Waals surface area contributed by atoms with Gasteiger partial charge in [-0.1, -0.05) is 0 Å². The number of halogens is 1. The molecule has 0 aliphatic carbocycles. The summed E-state index contributed by atoms with van der Waals surface area (Å²) in [6.07, 6.45) is 2.24. The normalized spacial score (nSPS) is 11.6. The van der Waals surface area contributed by atoms with Gasteiger partial charge in [0.05, 0.1) is 0 Å². The van der Waals surface area contributed by atoms with Gasteiger partial charge < -0.3 is 0 Å². The van der Waals surface area contributed by atoms with Gasteiger partial charge in [-0.2, -0.15) is 0 Å². The number of aliphatic imine (C=N–C) groups is 1. The second-order valence-electron chi connectivity index (χ2n) is 4.80. The van der Waals surface area contributed by atoms with E-state index in [4.69, 9.17) is 11.6 Å². The van der Waals surface area contributed by atoms with E-state index in [2.05, 4.69) is 60.4 Å². The van der Waals surface area contributed by atoms with Crippen molar-refractivity contribution in [3.05, 3.63) is 65.7 Å². The number of hydrogen-bond acceptors (Lipinski definition) is 1. The summed E-state index contributed by atoms with van der Waals surface area (Å²) in [4.78, 5) is 4.49. The quantitative estimate of drug-likeness (QED) is 0.400. The van der Waals surface area contributed by atoms with Crippen LogP contribution in [-0.4, -0.2) is 26.7 Å². The molecule has 0 bridgehead atoms. The summed E-state index contributed by atoms with van der Waals surface area (Å²) in [6, 6.07) is 19.0. The molecule has 0 amide bonds. The number of benzene rings is 2. The molecule has 0 radical (unpaired) electrons. The average Bonchev–Trinajstić information content (AvgIpc) is 2.54. The molecule has 21 heavy (non-hydrogen) atoms. The minimum absolute atomic E-state index is 0.373. The van der Waals surface area contributed by atoms with Crippen molar-refractivity contribution in [3.8, 4) is 0 Å². The molecule has 0 saturated carbocycles. The van der Waals surface area contributed by atoms with Crippen LogP contribution in [0.1, 0.15) is 30.9 Å². The van der Waals surface area contributed by atoms with Crippen molar-refractivity contribution in [2.75, 3.05) is 6.54 Å². The summed E-state index contributed by atoms with van der Waals surface area (Å²) < 4.78 is 1.33. The van der Waals surface area contributed by atoms with Crippen LogP contribution in [0.4, 0.5) is 0 Å². The fourth-order valence-corrected chi connectivity index (χ4v) is 4.41. The molecule has 0 aliphatic rings. The molecule has 0 saturated heterocycles. The third-order valence-corrected chi connectivity index (χ3v) is 5.83. The van der Waals surface area contributed by atoms with Gasteiger partial charge in [0.15, 0.2) is 0 Å². The molecule has 2 rings (SSSR count). The van der Waals surface area contributed by atoms with E-state index in [1.165, 1.54) is 10.0 Å². The molecule has 0 aliphatic heterocycles. The number of nitrogens with zero attached hydrogens (tertiary/aromatic N) is 1. The summed E-state index contributed by atoms with van der Waals surface area (Å²) in [5, 5.41) is 1.75. The van der Waals surface area contributed by atoms with Gasteiger partial charge in [0.25, 0.3) is 0 Å². The van der Waals surface area contributed by atoms with Crippen LogP contribution in [0.25, 0.3) is 0 Å². The standard InChI is InChI=1S/C18H20ClNSe/c1-2-3-13-20-18(19)16-11-7-8-12-17(16)21-14-15-9-5-4-6-10-15/h4-12H,2-3,13-14H2,1H3. The fourth-order valence-electron chi connectivity index (χ4n) is 1.92. The topological polar surface area (TPSA) is 12.4 Å². The van der Waals surface area contributed by atoms with Gasteiger partial charge in [-0.3, -0.25) is 0 Å². The van der Waals surface area contributed by atoms with Gasteiger partial charge in [0.2, 0.25) is 0 Å². The summed E-state index contributed by atoms with van der Waals surface area (Å²) in [7, 11) is 0. The van der Waals surface area contributed by atoms with Gasteiger partial charge in [0, 0.05) is 0 Å². The predicted octanol–water partition coefficient (Wildman–Crippen LogP) is 4.00. The third-order valence-electron chi connectivity index (χ3n) is 3.11. The molecule has 0 aromatic heterocycles. The minimum atomic E-state index is 0.373. The molecular formula is C18H20ClNSe. The Kier molecular flexibility index (Phi) is 7.02. The molecule has 2 aromatic carbocycles. The maximum atomic E-state index is 6.39. The SMILES string of the molecule is CCCCN=C(Cl)c1ccccc1[Se]Cc1ccccc1. The molecule has 0 spiro atoms. The van der Waals surface area contributed by atoms with Crippen molar-refractivity contribution in [3.63, 3.8) is 0 Å². The van der Waals surface area contributed by atoms with Gasteiger partial charge in [-0.05, 0) is 0 Å². The Morgan fingerprint density at radius 2 is 1.76 bits per heavy atom.